The predicted octanol–water partition coefficient (Wildman–Crippen LogP) is 2.21. The molecule has 1 saturated heterocycles. The maximum Gasteiger partial charge on any atom is 0.325 e. The number of hydrogen-bond acceptors (Lipinski definition) is 6. The fourth-order valence-electron chi connectivity index (χ4n) is 4.29. The summed E-state index contributed by atoms with van der Waals surface area (Å²) in [6.07, 6.45) is 6.50. The highest BCUT2D eigenvalue weighted by Gasteiger charge is 2.52. The lowest BCUT2D eigenvalue weighted by atomic mass is 9.77. The van der Waals surface area contributed by atoms with Crippen LogP contribution in [0.3, 0.4) is 0 Å². The van der Waals surface area contributed by atoms with E-state index in [-0.39, 0.29) is 18.4 Å². The van der Waals surface area contributed by atoms with E-state index in [0.717, 1.165) is 35.3 Å². The standard InChI is InChI=1S/C21H34N6O3S/c1-14(2)12-26-16(24-25-20(26)31-4)6-5-11-22-17(28)13-27-18(29)21(23-19(27)30)9-7-15(3)8-10-21/h14-15H,5-13H2,1-4H3,(H,22,28)(H,23,30). The molecule has 0 atom stereocenters. The molecule has 1 spiro atoms. The van der Waals surface area contributed by atoms with Crippen LogP contribution in [0.25, 0.3) is 0 Å². The van der Waals surface area contributed by atoms with Crippen molar-refractivity contribution in [1.29, 1.82) is 0 Å². The van der Waals surface area contributed by atoms with Crippen molar-refractivity contribution in [3.63, 3.8) is 0 Å². The molecule has 1 aromatic heterocycles. The zero-order valence-corrected chi connectivity index (χ0v) is 19.8. The minimum absolute atomic E-state index is 0.234. The van der Waals surface area contributed by atoms with Crippen molar-refractivity contribution < 1.29 is 14.4 Å². The molecule has 172 valence electrons. The fraction of sp³-hybridized carbons (Fsp3) is 0.762. The lowest BCUT2D eigenvalue weighted by Gasteiger charge is -2.33. The van der Waals surface area contributed by atoms with Crippen LogP contribution in [0, 0.1) is 11.8 Å². The Morgan fingerprint density at radius 2 is 2.00 bits per heavy atom. The summed E-state index contributed by atoms with van der Waals surface area (Å²) in [4.78, 5) is 38.6. The van der Waals surface area contributed by atoms with E-state index in [0.29, 0.717) is 44.1 Å². The van der Waals surface area contributed by atoms with E-state index in [1.807, 2.05) is 6.26 Å². The number of amides is 4. The predicted molar refractivity (Wildman–Crippen MR) is 119 cm³/mol. The summed E-state index contributed by atoms with van der Waals surface area (Å²) >= 11 is 1.57. The third-order valence-corrected chi connectivity index (χ3v) is 6.77. The molecule has 1 aliphatic heterocycles. The van der Waals surface area contributed by atoms with Gasteiger partial charge < -0.3 is 15.2 Å². The van der Waals surface area contributed by atoms with Crippen LogP contribution >= 0.6 is 11.8 Å². The van der Waals surface area contributed by atoms with Gasteiger partial charge >= 0.3 is 6.03 Å². The van der Waals surface area contributed by atoms with Crippen LogP contribution < -0.4 is 10.6 Å². The summed E-state index contributed by atoms with van der Waals surface area (Å²) in [5.74, 6) is 1.38. The molecular weight excluding hydrogens is 416 g/mol. The van der Waals surface area contributed by atoms with E-state index >= 15 is 0 Å². The number of rotatable bonds is 9. The van der Waals surface area contributed by atoms with Gasteiger partial charge in [0.15, 0.2) is 5.16 Å². The van der Waals surface area contributed by atoms with Crippen molar-refractivity contribution in [3.8, 4) is 0 Å². The number of aromatic nitrogens is 3. The van der Waals surface area contributed by atoms with Gasteiger partial charge in [0.25, 0.3) is 5.91 Å². The van der Waals surface area contributed by atoms with Crippen molar-refractivity contribution in [2.24, 2.45) is 11.8 Å². The summed E-state index contributed by atoms with van der Waals surface area (Å²) in [6, 6.07) is -0.457. The maximum atomic E-state index is 12.8. The summed E-state index contributed by atoms with van der Waals surface area (Å²) in [5, 5.41) is 15.1. The molecule has 9 nitrogen and oxygen atoms in total. The molecule has 2 aliphatic rings. The smallest absolute Gasteiger partial charge is 0.325 e. The molecule has 0 bridgehead atoms. The van der Waals surface area contributed by atoms with E-state index < -0.39 is 11.6 Å². The highest BCUT2D eigenvalue weighted by Crippen LogP contribution is 2.36. The zero-order chi connectivity index (χ0) is 22.6. The third-order valence-electron chi connectivity index (χ3n) is 6.10. The number of thioether (sulfide) groups is 1. The summed E-state index contributed by atoms with van der Waals surface area (Å²) in [6.45, 7) is 7.55. The lowest BCUT2D eigenvalue weighted by Crippen LogP contribution is -2.49. The monoisotopic (exact) mass is 450 g/mol. The third kappa shape index (κ3) is 5.39. The van der Waals surface area contributed by atoms with E-state index in [4.69, 9.17) is 0 Å². The van der Waals surface area contributed by atoms with Crippen molar-refractivity contribution in [3.05, 3.63) is 5.82 Å². The topological polar surface area (TPSA) is 109 Å². The second-order valence-corrected chi connectivity index (χ2v) is 9.92. The number of hydrogen-bond donors (Lipinski definition) is 2. The minimum atomic E-state index is -0.806. The first-order chi connectivity index (χ1) is 14.8. The SMILES string of the molecule is CSc1nnc(CCCNC(=O)CN2C(=O)NC3(CCC(C)CC3)C2=O)n1CC(C)C. The Hall–Kier alpha value is -2.10. The van der Waals surface area contributed by atoms with E-state index in [9.17, 15) is 14.4 Å². The Kier molecular flexibility index (Phi) is 7.61. The van der Waals surface area contributed by atoms with Crippen molar-refractivity contribution in [2.75, 3.05) is 19.3 Å². The van der Waals surface area contributed by atoms with Crippen LogP contribution in [0.1, 0.15) is 58.7 Å². The molecule has 0 radical (unpaired) electrons. The molecule has 2 fully saturated rings. The summed E-state index contributed by atoms with van der Waals surface area (Å²) in [5.41, 5.74) is -0.806. The second-order valence-electron chi connectivity index (χ2n) is 9.15. The zero-order valence-electron chi connectivity index (χ0n) is 18.9. The molecule has 1 aliphatic carbocycles. The number of nitrogens with one attached hydrogen (secondary N) is 2. The molecule has 2 N–H and O–H groups in total. The molecule has 3 rings (SSSR count). The van der Waals surface area contributed by atoms with Crippen LogP contribution in [0.15, 0.2) is 5.16 Å². The quantitative estimate of drug-likeness (QED) is 0.339. The Morgan fingerprint density at radius 3 is 2.65 bits per heavy atom. The minimum Gasteiger partial charge on any atom is -0.355 e. The number of imide groups is 1. The van der Waals surface area contributed by atoms with Gasteiger partial charge in [-0.25, -0.2) is 4.79 Å². The second kappa shape index (κ2) is 10.0. The molecule has 4 amide bonds. The average molecular weight is 451 g/mol. The summed E-state index contributed by atoms with van der Waals surface area (Å²) < 4.78 is 2.13. The maximum absolute atomic E-state index is 12.8. The van der Waals surface area contributed by atoms with Crippen LogP contribution in [-0.4, -0.2) is 62.4 Å². The van der Waals surface area contributed by atoms with E-state index in [1.165, 1.54) is 0 Å². The molecule has 1 saturated carbocycles. The number of carbonyl (C=O) groups is 3. The van der Waals surface area contributed by atoms with Gasteiger partial charge in [0.1, 0.15) is 17.9 Å². The Labute approximate surface area is 188 Å². The van der Waals surface area contributed by atoms with Crippen LogP contribution in [0.5, 0.6) is 0 Å². The Bertz CT molecular complexity index is 816. The van der Waals surface area contributed by atoms with Gasteiger partial charge in [0.2, 0.25) is 5.91 Å². The summed E-state index contributed by atoms with van der Waals surface area (Å²) in [7, 11) is 0. The Morgan fingerprint density at radius 1 is 1.29 bits per heavy atom. The Balaban J connectivity index is 1.46. The molecule has 0 aromatic carbocycles. The van der Waals surface area contributed by atoms with Gasteiger partial charge in [-0.3, -0.25) is 14.5 Å². The number of urea groups is 1. The van der Waals surface area contributed by atoms with Crippen LogP contribution in [0.4, 0.5) is 4.79 Å². The first kappa shape index (κ1) is 23.6. The van der Waals surface area contributed by atoms with Gasteiger partial charge in [-0.15, -0.1) is 10.2 Å². The van der Waals surface area contributed by atoms with E-state index in [2.05, 4.69) is 46.2 Å². The first-order valence-electron chi connectivity index (χ1n) is 11.1. The lowest BCUT2D eigenvalue weighted by molar-refractivity contribution is -0.136. The molecule has 0 unspecified atom stereocenters. The van der Waals surface area contributed by atoms with Crippen molar-refractivity contribution in [1.82, 2.24) is 30.3 Å². The molecule has 2 heterocycles. The van der Waals surface area contributed by atoms with Crippen LogP contribution in [-0.2, 0) is 22.6 Å². The number of carbonyl (C=O) groups excluding carboxylic acids is 3. The fourth-order valence-corrected chi connectivity index (χ4v) is 4.81. The molecule has 10 heteroatoms. The number of aryl methyl sites for hydroxylation is 1. The van der Waals surface area contributed by atoms with Gasteiger partial charge in [0, 0.05) is 19.5 Å². The van der Waals surface area contributed by atoms with Gasteiger partial charge in [-0.1, -0.05) is 32.5 Å². The molecule has 31 heavy (non-hydrogen) atoms. The van der Waals surface area contributed by atoms with Crippen molar-refractivity contribution in [2.45, 2.75) is 76.5 Å². The van der Waals surface area contributed by atoms with Gasteiger partial charge in [-0.2, -0.15) is 0 Å². The molecule has 1 aromatic rings. The van der Waals surface area contributed by atoms with Crippen LogP contribution in [0.2, 0.25) is 0 Å². The first-order valence-corrected chi connectivity index (χ1v) is 12.3. The average Bonchev–Trinajstić information content (AvgIpc) is 3.20. The highest BCUT2D eigenvalue weighted by molar-refractivity contribution is 7.98. The molecular formula is C21H34N6O3S. The van der Waals surface area contributed by atoms with E-state index in [1.54, 1.807) is 11.8 Å². The van der Waals surface area contributed by atoms with Gasteiger partial charge in [0.05, 0.1) is 0 Å². The normalized spacial score (nSPS) is 23.6. The number of nitrogens with zero attached hydrogens (tertiary/aromatic N) is 4. The highest BCUT2D eigenvalue weighted by atomic mass is 32.2. The van der Waals surface area contributed by atoms with Crippen molar-refractivity contribution >= 4 is 29.6 Å². The largest absolute Gasteiger partial charge is 0.355 e. The van der Waals surface area contributed by atoms with Gasteiger partial charge in [-0.05, 0) is 50.2 Å².